The molecule has 120 valence electrons. The van der Waals surface area contributed by atoms with Gasteiger partial charge >= 0.3 is 0 Å². The maximum Gasteiger partial charge on any atom is 0.242 e. The Bertz CT molecular complexity index is 925. The lowest BCUT2D eigenvalue weighted by Crippen LogP contribution is -2.25. The van der Waals surface area contributed by atoms with Crippen LogP contribution in [0.25, 0.3) is 11.0 Å². The molecule has 8 heteroatoms. The molecule has 0 aliphatic heterocycles. The summed E-state index contributed by atoms with van der Waals surface area (Å²) in [6, 6.07) is 12.5. The Balaban J connectivity index is 1.64. The molecule has 3 aromatic rings. The maximum atomic E-state index is 12.4. The predicted octanol–water partition coefficient (Wildman–Crippen LogP) is 3.26. The number of hydrogen-bond donors (Lipinski definition) is 1. The molecule has 2 aromatic carbocycles. The number of rotatable bonds is 6. The van der Waals surface area contributed by atoms with Gasteiger partial charge in [0.15, 0.2) is 0 Å². The van der Waals surface area contributed by atoms with E-state index in [0.717, 1.165) is 23.7 Å². The topological polar surface area (TPSA) is 72.0 Å². The van der Waals surface area contributed by atoms with E-state index in [2.05, 4.69) is 13.5 Å². The Morgan fingerprint density at radius 3 is 2.78 bits per heavy atom. The lowest BCUT2D eigenvalue weighted by Gasteiger charge is -2.07. The molecule has 0 fully saturated rings. The van der Waals surface area contributed by atoms with E-state index >= 15 is 0 Å². The van der Waals surface area contributed by atoms with E-state index in [9.17, 15) is 8.42 Å². The van der Waals surface area contributed by atoms with Gasteiger partial charge in [0, 0.05) is 11.6 Å². The fraction of sp³-hybridized carbons (Fsp3) is 0.200. The van der Waals surface area contributed by atoms with Crippen LogP contribution in [0.1, 0.15) is 12.0 Å². The zero-order valence-corrected chi connectivity index (χ0v) is 14.5. The Labute approximate surface area is 143 Å². The molecule has 0 spiro atoms. The van der Waals surface area contributed by atoms with Gasteiger partial charge in [0.1, 0.15) is 15.9 Å². The van der Waals surface area contributed by atoms with Crippen molar-refractivity contribution in [3.8, 4) is 0 Å². The molecule has 5 nitrogen and oxygen atoms in total. The summed E-state index contributed by atoms with van der Waals surface area (Å²) in [5.74, 6) is 0. The number of benzene rings is 2. The molecule has 1 aromatic heterocycles. The summed E-state index contributed by atoms with van der Waals surface area (Å²) in [4.78, 5) is 0.173. The molecule has 1 heterocycles. The minimum absolute atomic E-state index is 0.173. The van der Waals surface area contributed by atoms with Gasteiger partial charge in [-0.15, -0.1) is 0 Å². The normalized spacial score (nSPS) is 11.9. The molecule has 0 unspecified atom stereocenters. The van der Waals surface area contributed by atoms with E-state index in [-0.39, 0.29) is 4.90 Å². The lowest BCUT2D eigenvalue weighted by molar-refractivity contribution is 0.580. The average Bonchev–Trinajstić information content (AvgIpc) is 3.00. The Morgan fingerprint density at radius 1 is 1.13 bits per heavy atom. The standard InChI is InChI=1S/C15H14ClN3O2S2/c16-12-6-1-4-11(10-12)5-3-9-17-23(20,21)14-8-2-7-13-15(14)19-22-18-13/h1-2,4,6-8,10,17H,3,5,9H2. The highest BCUT2D eigenvalue weighted by Crippen LogP contribution is 2.20. The number of fused-ring (bicyclic) bond motifs is 1. The number of nitrogens with zero attached hydrogens (tertiary/aromatic N) is 2. The zero-order chi connectivity index (χ0) is 16.3. The van der Waals surface area contributed by atoms with Crippen LogP contribution >= 0.6 is 23.3 Å². The highest BCUT2D eigenvalue weighted by atomic mass is 35.5. The molecule has 0 amide bonds. The number of nitrogens with one attached hydrogen (secondary N) is 1. The molecule has 3 rings (SSSR count). The third-order valence-electron chi connectivity index (χ3n) is 3.36. The first kappa shape index (κ1) is 16.3. The zero-order valence-electron chi connectivity index (χ0n) is 12.1. The van der Waals surface area contributed by atoms with Gasteiger partial charge in [0.2, 0.25) is 10.0 Å². The van der Waals surface area contributed by atoms with E-state index in [1.807, 2.05) is 24.3 Å². The van der Waals surface area contributed by atoms with E-state index in [0.29, 0.717) is 29.0 Å². The third-order valence-corrected chi connectivity index (χ3v) is 5.63. The van der Waals surface area contributed by atoms with Crippen molar-refractivity contribution in [2.75, 3.05) is 6.54 Å². The Morgan fingerprint density at radius 2 is 1.96 bits per heavy atom. The highest BCUT2D eigenvalue weighted by molar-refractivity contribution is 7.89. The summed E-state index contributed by atoms with van der Waals surface area (Å²) >= 11 is 6.94. The van der Waals surface area contributed by atoms with E-state index in [1.54, 1.807) is 18.2 Å². The first-order chi connectivity index (χ1) is 11.1. The van der Waals surface area contributed by atoms with Crippen molar-refractivity contribution in [1.82, 2.24) is 13.5 Å². The molecule has 0 bridgehead atoms. The number of hydrogen-bond acceptors (Lipinski definition) is 5. The number of aryl methyl sites for hydroxylation is 1. The quantitative estimate of drug-likeness (QED) is 0.679. The van der Waals surface area contributed by atoms with Crippen LogP contribution < -0.4 is 4.72 Å². The van der Waals surface area contributed by atoms with Crippen molar-refractivity contribution in [1.29, 1.82) is 0 Å². The second kappa shape index (κ2) is 6.92. The van der Waals surface area contributed by atoms with Gasteiger partial charge in [-0.25, -0.2) is 13.1 Å². The van der Waals surface area contributed by atoms with Gasteiger partial charge in [-0.1, -0.05) is 29.8 Å². The largest absolute Gasteiger partial charge is 0.242 e. The number of aromatic nitrogens is 2. The smallest absolute Gasteiger partial charge is 0.211 e. The van der Waals surface area contributed by atoms with Crippen LogP contribution in [0.3, 0.4) is 0 Å². The minimum Gasteiger partial charge on any atom is -0.211 e. The summed E-state index contributed by atoms with van der Waals surface area (Å²) in [7, 11) is -3.59. The fourth-order valence-electron chi connectivity index (χ4n) is 2.27. The first-order valence-electron chi connectivity index (χ1n) is 7.02. The molecular weight excluding hydrogens is 354 g/mol. The van der Waals surface area contributed by atoms with Gasteiger partial charge in [0.05, 0.1) is 11.7 Å². The maximum absolute atomic E-state index is 12.4. The average molecular weight is 368 g/mol. The SMILES string of the molecule is O=S(=O)(NCCCc1cccc(Cl)c1)c1cccc2nsnc12. The van der Waals surface area contributed by atoms with Crippen LogP contribution in [0.15, 0.2) is 47.4 Å². The van der Waals surface area contributed by atoms with Crippen molar-refractivity contribution in [2.45, 2.75) is 17.7 Å². The van der Waals surface area contributed by atoms with Crippen LogP contribution in [0.4, 0.5) is 0 Å². The molecule has 0 saturated carbocycles. The molecule has 0 aliphatic carbocycles. The van der Waals surface area contributed by atoms with Gasteiger partial charge in [-0.2, -0.15) is 8.75 Å². The molecule has 0 radical (unpaired) electrons. The summed E-state index contributed by atoms with van der Waals surface area (Å²) in [5, 5.41) is 0.686. The van der Waals surface area contributed by atoms with Crippen molar-refractivity contribution in [2.24, 2.45) is 0 Å². The fourth-order valence-corrected chi connectivity index (χ4v) is 4.32. The van der Waals surface area contributed by atoms with Gasteiger partial charge in [-0.05, 0) is 42.7 Å². The van der Waals surface area contributed by atoms with Gasteiger partial charge < -0.3 is 0 Å². The second-order valence-electron chi connectivity index (χ2n) is 5.02. The van der Waals surface area contributed by atoms with Crippen molar-refractivity contribution >= 4 is 44.4 Å². The number of sulfonamides is 1. The van der Waals surface area contributed by atoms with Gasteiger partial charge in [-0.3, -0.25) is 0 Å². The third kappa shape index (κ3) is 3.87. The van der Waals surface area contributed by atoms with Crippen LogP contribution in [-0.4, -0.2) is 23.7 Å². The van der Waals surface area contributed by atoms with E-state index < -0.39 is 10.0 Å². The van der Waals surface area contributed by atoms with Crippen molar-refractivity contribution < 1.29 is 8.42 Å². The molecule has 23 heavy (non-hydrogen) atoms. The molecule has 0 saturated heterocycles. The Hall–Kier alpha value is -1.54. The first-order valence-corrected chi connectivity index (χ1v) is 9.61. The second-order valence-corrected chi connectivity index (χ2v) is 7.72. The monoisotopic (exact) mass is 367 g/mol. The van der Waals surface area contributed by atoms with Crippen molar-refractivity contribution in [3.05, 3.63) is 53.1 Å². The predicted molar refractivity (Wildman–Crippen MR) is 92.4 cm³/mol. The molecular formula is C15H14ClN3O2S2. The molecule has 0 atom stereocenters. The van der Waals surface area contributed by atoms with Crippen molar-refractivity contribution in [3.63, 3.8) is 0 Å². The molecule has 0 aliphatic rings. The summed E-state index contributed by atoms with van der Waals surface area (Å²) in [6.45, 7) is 0.350. The van der Waals surface area contributed by atoms with Crippen LogP contribution in [0, 0.1) is 0 Å². The van der Waals surface area contributed by atoms with Gasteiger partial charge in [0.25, 0.3) is 0 Å². The van der Waals surface area contributed by atoms with Crippen LogP contribution in [-0.2, 0) is 16.4 Å². The van der Waals surface area contributed by atoms with E-state index in [1.165, 1.54) is 0 Å². The highest BCUT2D eigenvalue weighted by Gasteiger charge is 2.18. The number of halogens is 1. The van der Waals surface area contributed by atoms with Crippen LogP contribution in [0.5, 0.6) is 0 Å². The molecule has 1 N–H and O–H groups in total. The minimum atomic E-state index is -3.59. The Kier molecular flexibility index (Phi) is 4.91. The summed E-state index contributed by atoms with van der Waals surface area (Å²) < 4.78 is 35.6. The van der Waals surface area contributed by atoms with E-state index in [4.69, 9.17) is 11.6 Å². The van der Waals surface area contributed by atoms with Crippen LogP contribution in [0.2, 0.25) is 5.02 Å². The summed E-state index contributed by atoms with van der Waals surface area (Å²) in [5.41, 5.74) is 2.10. The summed E-state index contributed by atoms with van der Waals surface area (Å²) in [6.07, 6.45) is 1.44. The lowest BCUT2D eigenvalue weighted by atomic mass is 10.1.